The van der Waals surface area contributed by atoms with Gasteiger partial charge in [0.25, 0.3) is 5.91 Å². The van der Waals surface area contributed by atoms with Gasteiger partial charge in [-0.05, 0) is 26.0 Å². The lowest BCUT2D eigenvalue weighted by Gasteiger charge is -2.10. The molecule has 2 rings (SSSR count). The van der Waals surface area contributed by atoms with Crippen LogP contribution >= 0.6 is 0 Å². The number of hydrogen-bond acceptors (Lipinski definition) is 7. The van der Waals surface area contributed by atoms with Gasteiger partial charge in [-0.3, -0.25) is 9.78 Å². The fourth-order valence-electron chi connectivity index (χ4n) is 1.87. The normalized spacial score (nSPS) is 10.0. The molecule has 25 heavy (non-hydrogen) atoms. The minimum atomic E-state index is -0.763. The minimum Gasteiger partial charge on any atom is -0.462 e. The lowest BCUT2D eigenvalue weighted by Crippen LogP contribution is -2.22. The van der Waals surface area contributed by atoms with Crippen molar-refractivity contribution >= 4 is 23.5 Å². The van der Waals surface area contributed by atoms with Crippen LogP contribution in [0.3, 0.4) is 0 Å². The Morgan fingerprint density at radius 2 is 1.80 bits per heavy atom. The number of benzene rings is 1. The van der Waals surface area contributed by atoms with E-state index < -0.39 is 24.5 Å². The Hall–Kier alpha value is -3.29. The molecular weight excluding hydrogens is 326 g/mol. The van der Waals surface area contributed by atoms with Crippen LogP contribution in [0.15, 0.2) is 36.7 Å². The zero-order chi connectivity index (χ0) is 18.2. The van der Waals surface area contributed by atoms with E-state index in [9.17, 15) is 14.4 Å². The summed E-state index contributed by atoms with van der Waals surface area (Å²) < 4.78 is 9.81. The quantitative estimate of drug-likeness (QED) is 0.796. The van der Waals surface area contributed by atoms with Crippen molar-refractivity contribution in [2.45, 2.75) is 13.8 Å². The number of hydrogen-bond donors (Lipinski definition) is 1. The van der Waals surface area contributed by atoms with Gasteiger partial charge < -0.3 is 14.8 Å². The maximum atomic E-state index is 12.0. The molecule has 1 aromatic heterocycles. The summed E-state index contributed by atoms with van der Waals surface area (Å²) in [6.07, 6.45) is 2.69. The predicted octanol–water partition coefficient (Wildman–Crippen LogP) is 1.76. The number of amides is 1. The van der Waals surface area contributed by atoms with Crippen molar-refractivity contribution < 1.29 is 23.9 Å². The molecule has 130 valence electrons. The SMILES string of the molecule is CCOC(=O)c1ccccc1NC(=O)COC(=O)c1cnc(C)cn1. The summed E-state index contributed by atoms with van der Waals surface area (Å²) in [4.78, 5) is 43.4. The Labute approximate surface area is 144 Å². The van der Waals surface area contributed by atoms with E-state index in [1.54, 1.807) is 32.0 Å². The second-order valence-corrected chi connectivity index (χ2v) is 4.93. The third-order valence-electron chi connectivity index (χ3n) is 3.02. The van der Waals surface area contributed by atoms with Gasteiger partial charge in [0.1, 0.15) is 0 Å². The number of para-hydroxylation sites is 1. The molecule has 1 aromatic carbocycles. The zero-order valence-electron chi connectivity index (χ0n) is 13.8. The van der Waals surface area contributed by atoms with E-state index in [-0.39, 0.29) is 23.6 Å². The van der Waals surface area contributed by atoms with E-state index in [0.717, 1.165) is 0 Å². The number of nitrogens with one attached hydrogen (secondary N) is 1. The molecule has 0 aliphatic carbocycles. The predicted molar refractivity (Wildman–Crippen MR) is 88.1 cm³/mol. The van der Waals surface area contributed by atoms with Gasteiger partial charge in [0.15, 0.2) is 12.3 Å². The lowest BCUT2D eigenvalue weighted by atomic mass is 10.2. The number of aryl methyl sites for hydroxylation is 1. The molecule has 0 fully saturated rings. The minimum absolute atomic E-state index is 0.00493. The van der Waals surface area contributed by atoms with Crippen LogP contribution in [0, 0.1) is 6.92 Å². The highest BCUT2D eigenvalue weighted by Gasteiger charge is 2.16. The fraction of sp³-hybridized carbons (Fsp3) is 0.235. The number of rotatable bonds is 6. The first-order chi connectivity index (χ1) is 12.0. The van der Waals surface area contributed by atoms with Crippen molar-refractivity contribution in [3.8, 4) is 0 Å². The molecule has 0 aliphatic heterocycles. The van der Waals surface area contributed by atoms with Crippen molar-refractivity contribution in [1.82, 2.24) is 9.97 Å². The molecule has 1 heterocycles. The van der Waals surface area contributed by atoms with Crippen LogP contribution in [0.5, 0.6) is 0 Å². The third kappa shape index (κ3) is 5.10. The number of aromatic nitrogens is 2. The fourth-order valence-corrected chi connectivity index (χ4v) is 1.87. The average Bonchev–Trinajstić information content (AvgIpc) is 2.61. The van der Waals surface area contributed by atoms with E-state index >= 15 is 0 Å². The summed E-state index contributed by atoms with van der Waals surface area (Å²) in [5, 5.41) is 2.51. The molecule has 0 saturated carbocycles. The van der Waals surface area contributed by atoms with Gasteiger partial charge in [0.05, 0.1) is 29.7 Å². The first-order valence-corrected chi connectivity index (χ1v) is 7.53. The molecule has 1 amide bonds. The van der Waals surface area contributed by atoms with Crippen LogP contribution in [0.4, 0.5) is 5.69 Å². The van der Waals surface area contributed by atoms with E-state index in [1.165, 1.54) is 18.5 Å². The highest BCUT2D eigenvalue weighted by molar-refractivity contribution is 6.02. The van der Waals surface area contributed by atoms with Crippen LogP contribution < -0.4 is 5.32 Å². The average molecular weight is 343 g/mol. The lowest BCUT2D eigenvalue weighted by molar-refractivity contribution is -0.119. The van der Waals surface area contributed by atoms with E-state index in [2.05, 4.69) is 15.3 Å². The molecule has 1 N–H and O–H groups in total. The third-order valence-corrected chi connectivity index (χ3v) is 3.02. The zero-order valence-corrected chi connectivity index (χ0v) is 13.8. The molecule has 0 aliphatic rings. The van der Waals surface area contributed by atoms with Crippen molar-refractivity contribution in [3.05, 3.63) is 53.6 Å². The number of nitrogens with zero attached hydrogens (tertiary/aromatic N) is 2. The van der Waals surface area contributed by atoms with Gasteiger partial charge >= 0.3 is 11.9 Å². The Balaban J connectivity index is 1.95. The number of carbonyl (C=O) groups is 3. The maximum absolute atomic E-state index is 12.0. The second-order valence-electron chi connectivity index (χ2n) is 4.93. The van der Waals surface area contributed by atoms with Crippen molar-refractivity contribution in [2.24, 2.45) is 0 Å². The van der Waals surface area contributed by atoms with E-state index in [4.69, 9.17) is 9.47 Å². The van der Waals surface area contributed by atoms with Gasteiger partial charge in [0.2, 0.25) is 0 Å². The van der Waals surface area contributed by atoms with Gasteiger partial charge in [-0.15, -0.1) is 0 Å². The smallest absolute Gasteiger partial charge is 0.359 e. The van der Waals surface area contributed by atoms with Crippen LogP contribution in [-0.2, 0) is 14.3 Å². The molecule has 0 saturated heterocycles. The topological polar surface area (TPSA) is 107 Å². The summed E-state index contributed by atoms with van der Waals surface area (Å²) in [5.41, 5.74) is 1.15. The number of ether oxygens (including phenoxy) is 2. The summed E-state index contributed by atoms with van der Waals surface area (Å²) in [6.45, 7) is 3.12. The largest absolute Gasteiger partial charge is 0.462 e. The van der Waals surface area contributed by atoms with Crippen LogP contribution in [0.1, 0.15) is 33.5 Å². The molecule has 0 bridgehead atoms. The summed E-state index contributed by atoms with van der Waals surface area (Å²) in [6, 6.07) is 6.39. The van der Waals surface area contributed by atoms with Crippen LogP contribution in [-0.4, -0.2) is 41.0 Å². The summed E-state index contributed by atoms with van der Waals surface area (Å²) in [7, 11) is 0. The van der Waals surface area contributed by atoms with Crippen LogP contribution in [0.25, 0.3) is 0 Å². The molecular formula is C17H17N3O5. The standard InChI is InChI=1S/C17H17N3O5/c1-3-24-16(22)12-6-4-5-7-13(12)20-15(21)10-25-17(23)14-9-18-11(2)8-19-14/h4-9H,3,10H2,1-2H3,(H,20,21). The van der Waals surface area contributed by atoms with Crippen molar-refractivity contribution in [3.63, 3.8) is 0 Å². The van der Waals surface area contributed by atoms with Gasteiger partial charge in [-0.1, -0.05) is 12.1 Å². The molecule has 0 atom stereocenters. The number of anilines is 1. The van der Waals surface area contributed by atoms with Gasteiger partial charge in [-0.25, -0.2) is 14.6 Å². The molecule has 0 radical (unpaired) electrons. The monoisotopic (exact) mass is 343 g/mol. The van der Waals surface area contributed by atoms with E-state index in [0.29, 0.717) is 5.69 Å². The Bertz CT molecular complexity index is 774. The van der Waals surface area contributed by atoms with Crippen molar-refractivity contribution in [2.75, 3.05) is 18.5 Å². The first kappa shape index (κ1) is 18.1. The molecule has 0 spiro atoms. The first-order valence-electron chi connectivity index (χ1n) is 7.53. The molecule has 8 nitrogen and oxygen atoms in total. The Kier molecular flexibility index (Phi) is 6.16. The highest BCUT2D eigenvalue weighted by atomic mass is 16.5. The summed E-state index contributed by atoms with van der Waals surface area (Å²) in [5.74, 6) is -1.91. The Morgan fingerprint density at radius 1 is 1.04 bits per heavy atom. The second kappa shape index (κ2) is 8.53. The Morgan fingerprint density at radius 3 is 2.48 bits per heavy atom. The maximum Gasteiger partial charge on any atom is 0.359 e. The number of esters is 2. The molecule has 8 heteroatoms. The van der Waals surface area contributed by atoms with Gasteiger partial charge in [0, 0.05) is 6.20 Å². The molecule has 0 unspecified atom stereocenters. The molecule has 2 aromatic rings. The van der Waals surface area contributed by atoms with Crippen molar-refractivity contribution in [1.29, 1.82) is 0 Å². The highest BCUT2D eigenvalue weighted by Crippen LogP contribution is 2.16. The number of carbonyl (C=O) groups excluding carboxylic acids is 3. The van der Waals surface area contributed by atoms with Crippen LogP contribution in [0.2, 0.25) is 0 Å². The van der Waals surface area contributed by atoms with Gasteiger partial charge in [-0.2, -0.15) is 0 Å². The summed E-state index contributed by atoms with van der Waals surface area (Å²) >= 11 is 0. The van der Waals surface area contributed by atoms with E-state index in [1.807, 2.05) is 0 Å².